The first-order valence-electron chi connectivity index (χ1n) is 5.53. The Hall–Kier alpha value is -1.68. The molecule has 0 amide bonds. The van der Waals surface area contributed by atoms with E-state index in [9.17, 15) is 16.8 Å². The van der Waals surface area contributed by atoms with Crippen molar-refractivity contribution in [1.82, 2.24) is 9.71 Å². The molecule has 1 aromatic heterocycles. The molecule has 0 aliphatic heterocycles. The van der Waals surface area contributed by atoms with Crippen LogP contribution in [-0.4, -0.2) is 21.8 Å². The highest BCUT2D eigenvalue weighted by atomic mass is 32.2. The van der Waals surface area contributed by atoms with E-state index in [-0.39, 0.29) is 16.3 Å². The van der Waals surface area contributed by atoms with Crippen molar-refractivity contribution in [2.75, 3.05) is 0 Å². The molecule has 20 heavy (non-hydrogen) atoms. The Morgan fingerprint density at radius 3 is 2.40 bits per heavy atom. The Kier molecular flexibility index (Phi) is 3.95. The van der Waals surface area contributed by atoms with Crippen LogP contribution in [0.15, 0.2) is 52.5 Å². The summed E-state index contributed by atoms with van der Waals surface area (Å²) in [7, 11) is -7.74. The molecule has 108 valence electrons. The molecular formula is C11H13N3O4S2. The van der Waals surface area contributed by atoms with Gasteiger partial charge in [0.2, 0.25) is 20.0 Å². The van der Waals surface area contributed by atoms with E-state index in [4.69, 9.17) is 5.14 Å². The normalized spacial score (nSPS) is 12.4. The molecule has 0 aliphatic carbocycles. The summed E-state index contributed by atoms with van der Waals surface area (Å²) < 4.78 is 48.9. The first-order valence-corrected chi connectivity index (χ1v) is 8.56. The fraction of sp³-hybridized carbons (Fsp3) is 0.0909. The van der Waals surface area contributed by atoms with Crippen molar-refractivity contribution in [3.63, 3.8) is 0 Å². The molecule has 0 aliphatic rings. The summed E-state index contributed by atoms with van der Waals surface area (Å²) in [6, 6.07) is 6.61. The van der Waals surface area contributed by atoms with Gasteiger partial charge in [-0.05, 0) is 29.8 Å². The smallest absolute Gasteiger partial charge is 0.240 e. The Morgan fingerprint density at radius 1 is 1.10 bits per heavy atom. The number of nitrogens with two attached hydrogens (primary N) is 1. The molecule has 0 fully saturated rings. The SMILES string of the molecule is NS(=O)(=O)c1cccc(S(=O)(=O)NCc2cc[nH]c2)c1. The molecule has 0 saturated carbocycles. The van der Waals surface area contributed by atoms with Crippen LogP contribution < -0.4 is 9.86 Å². The average molecular weight is 315 g/mol. The maximum Gasteiger partial charge on any atom is 0.240 e. The largest absolute Gasteiger partial charge is 0.367 e. The second-order valence-corrected chi connectivity index (χ2v) is 7.39. The van der Waals surface area contributed by atoms with Crippen LogP contribution in [0.1, 0.15) is 5.56 Å². The van der Waals surface area contributed by atoms with Crippen LogP contribution in [0.2, 0.25) is 0 Å². The predicted molar refractivity (Wildman–Crippen MR) is 72.6 cm³/mol. The molecule has 0 spiro atoms. The van der Waals surface area contributed by atoms with Crippen LogP contribution in [0.5, 0.6) is 0 Å². The van der Waals surface area contributed by atoms with Gasteiger partial charge < -0.3 is 4.98 Å². The van der Waals surface area contributed by atoms with Crippen molar-refractivity contribution in [1.29, 1.82) is 0 Å². The fourth-order valence-electron chi connectivity index (χ4n) is 1.55. The summed E-state index contributed by atoms with van der Waals surface area (Å²) in [6.45, 7) is 0.103. The lowest BCUT2D eigenvalue weighted by Gasteiger charge is -2.07. The highest BCUT2D eigenvalue weighted by Crippen LogP contribution is 2.14. The van der Waals surface area contributed by atoms with Crippen LogP contribution in [-0.2, 0) is 26.6 Å². The van der Waals surface area contributed by atoms with E-state index >= 15 is 0 Å². The molecule has 1 heterocycles. The van der Waals surface area contributed by atoms with Crippen LogP contribution >= 0.6 is 0 Å². The van der Waals surface area contributed by atoms with Crippen molar-refractivity contribution in [3.8, 4) is 0 Å². The minimum atomic E-state index is -3.94. The molecule has 0 saturated heterocycles. The zero-order chi connectivity index (χ0) is 14.8. The average Bonchev–Trinajstić information content (AvgIpc) is 2.89. The summed E-state index contributed by atoms with van der Waals surface area (Å²) in [6.07, 6.45) is 3.33. The van der Waals surface area contributed by atoms with Crippen LogP contribution in [0.4, 0.5) is 0 Å². The molecule has 0 unspecified atom stereocenters. The van der Waals surface area contributed by atoms with Gasteiger partial charge in [-0.15, -0.1) is 0 Å². The lowest BCUT2D eigenvalue weighted by molar-refractivity contribution is 0.581. The maximum absolute atomic E-state index is 12.0. The second kappa shape index (κ2) is 5.37. The predicted octanol–water partition coefficient (Wildman–Crippen LogP) is 0.141. The molecule has 2 rings (SSSR count). The number of sulfonamides is 2. The third-order valence-corrected chi connectivity index (χ3v) is 4.88. The number of benzene rings is 1. The molecular weight excluding hydrogens is 302 g/mol. The van der Waals surface area contributed by atoms with Gasteiger partial charge in [0.25, 0.3) is 0 Å². The van der Waals surface area contributed by atoms with Gasteiger partial charge in [-0.2, -0.15) is 0 Å². The topological polar surface area (TPSA) is 122 Å². The Bertz CT molecular complexity index is 796. The summed E-state index contributed by atoms with van der Waals surface area (Å²) in [4.78, 5) is 2.40. The first-order chi connectivity index (χ1) is 9.29. The highest BCUT2D eigenvalue weighted by Gasteiger charge is 2.17. The zero-order valence-electron chi connectivity index (χ0n) is 10.3. The van der Waals surface area contributed by atoms with E-state index in [2.05, 4.69) is 9.71 Å². The molecule has 0 bridgehead atoms. The van der Waals surface area contributed by atoms with Gasteiger partial charge in [-0.3, -0.25) is 0 Å². The molecule has 4 N–H and O–H groups in total. The second-order valence-electron chi connectivity index (χ2n) is 4.06. The zero-order valence-corrected chi connectivity index (χ0v) is 11.9. The molecule has 0 radical (unpaired) electrons. The van der Waals surface area contributed by atoms with Crippen molar-refractivity contribution < 1.29 is 16.8 Å². The summed E-state index contributed by atoms with van der Waals surface area (Å²) >= 11 is 0. The van der Waals surface area contributed by atoms with Gasteiger partial charge in [0, 0.05) is 18.9 Å². The molecule has 2 aromatic rings. The third kappa shape index (κ3) is 3.45. The van der Waals surface area contributed by atoms with Crippen molar-refractivity contribution in [2.45, 2.75) is 16.3 Å². The Balaban J connectivity index is 2.26. The van der Waals surface area contributed by atoms with E-state index in [0.29, 0.717) is 0 Å². The van der Waals surface area contributed by atoms with E-state index in [0.717, 1.165) is 11.6 Å². The van der Waals surface area contributed by atoms with Crippen molar-refractivity contribution in [3.05, 3.63) is 48.3 Å². The minimum Gasteiger partial charge on any atom is -0.367 e. The van der Waals surface area contributed by atoms with Gasteiger partial charge in [-0.1, -0.05) is 6.07 Å². The van der Waals surface area contributed by atoms with Gasteiger partial charge >= 0.3 is 0 Å². The number of primary sulfonamides is 1. The highest BCUT2D eigenvalue weighted by molar-refractivity contribution is 7.90. The first kappa shape index (κ1) is 14.7. The van der Waals surface area contributed by atoms with Gasteiger partial charge in [0.1, 0.15) is 0 Å². The fourth-order valence-corrected chi connectivity index (χ4v) is 3.25. The summed E-state index contributed by atoms with van der Waals surface area (Å²) in [5.41, 5.74) is 0.760. The summed E-state index contributed by atoms with van der Waals surface area (Å²) in [5, 5.41) is 4.97. The number of aromatic nitrogens is 1. The van der Waals surface area contributed by atoms with E-state index in [1.807, 2.05) is 0 Å². The van der Waals surface area contributed by atoms with Crippen molar-refractivity contribution in [2.24, 2.45) is 5.14 Å². The Labute approximate surface area is 116 Å². The third-order valence-electron chi connectivity index (χ3n) is 2.57. The van der Waals surface area contributed by atoms with Gasteiger partial charge in [-0.25, -0.2) is 26.7 Å². The van der Waals surface area contributed by atoms with Crippen LogP contribution in [0, 0.1) is 0 Å². The van der Waals surface area contributed by atoms with E-state index in [1.54, 1.807) is 18.5 Å². The van der Waals surface area contributed by atoms with E-state index < -0.39 is 20.0 Å². The molecule has 7 nitrogen and oxygen atoms in total. The van der Waals surface area contributed by atoms with Gasteiger partial charge in [0.15, 0.2) is 0 Å². The molecule has 1 aromatic carbocycles. The standard InChI is InChI=1S/C11H13N3O4S2/c12-19(15,16)10-2-1-3-11(6-10)20(17,18)14-8-9-4-5-13-7-9/h1-7,13-14H,8H2,(H2,12,15,16). The number of nitrogens with one attached hydrogen (secondary N) is 2. The number of hydrogen-bond acceptors (Lipinski definition) is 4. The lowest BCUT2D eigenvalue weighted by atomic mass is 10.4. The quantitative estimate of drug-likeness (QED) is 0.726. The summed E-state index contributed by atoms with van der Waals surface area (Å²) in [5.74, 6) is 0. The maximum atomic E-state index is 12.0. The van der Waals surface area contributed by atoms with Crippen LogP contribution in [0.3, 0.4) is 0 Å². The number of H-pyrrole nitrogens is 1. The molecule has 0 atom stereocenters. The monoisotopic (exact) mass is 315 g/mol. The number of rotatable bonds is 5. The lowest BCUT2D eigenvalue weighted by Crippen LogP contribution is -2.23. The van der Waals surface area contributed by atoms with E-state index in [1.165, 1.54) is 18.2 Å². The number of aromatic amines is 1. The van der Waals surface area contributed by atoms with Gasteiger partial charge in [0.05, 0.1) is 9.79 Å². The van der Waals surface area contributed by atoms with Crippen molar-refractivity contribution >= 4 is 20.0 Å². The Morgan fingerprint density at radius 2 is 1.80 bits per heavy atom. The molecule has 9 heteroatoms. The minimum absolute atomic E-state index is 0.103. The number of hydrogen-bond donors (Lipinski definition) is 3. The van der Waals surface area contributed by atoms with Crippen LogP contribution in [0.25, 0.3) is 0 Å².